The van der Waals surface area contributed by atoms with Gasteiger partial charge in [0.2, 0.25) is 0 Å². The van der Waals surface area contributed by atoms with Gasteiger partial charge in [-0.25, -0.2) is 4.79 Å². The molecule has 1 aromatic heterocycles. The molecule has 202 valence electrons. The molecule has 2 saturated carbocycles. The third-order valence-corrected chi connectivity index (χ3v) is 11.5. The molecule has 39 heavy (non-hydrogen) atoms. The summed E-state index contributed by atoms with van der Waals surface area (Å²) in [5.74, 6) is 0.824. The number of carbonyl (C=O) groups is 2. The summed E-state index contributed by atoms with van der Waals surface area (Å²) in [5, 5.41) is 5.34. The molecule has 0 radical (unpaired) electrons. The van der Waals surface area contributed by atoms with Gasteiger partial charge in [0.25, 0.3) is 5.91 Å². The van der Waals surface area contributed by atoms with Crippen LogP contribution in [0.15, 0.2) is 60.0 Å². The Morgan fingerprint density at radius 3 is 2.74 bits per heavy atom. The van der Waals surface area contributed by atoms with E-state index in [1.54, 1.807) is 13.8 Å². The first-order valence-corrected chi connectivity index (χ1v) is 14.8. The summed E-state index contributed by atoms with van der Waals surface area (Å²) in [6, 6.07) is 8.66. The molecular formula is C33H37N3O3. The van der Waals surface area contributed by atoms with E-state index in [9.17, 15) is 9.59 Å². The van der Waals surface area contributed by atoms with Gasteiger partial charge in [-0.1, -0.05) is 31.2 Å². The Labute approximate surface area is 229 Å². The molecule has 4 fully saturated rings. The summed E-state index contributed by atoms with van der Waals surface area (Å²) in [7, 11) is 0. The molecular weight excluding hydrogens is 486 g/mol. The summed E-state index contributed by atoms with van der Waals surface area (Å²) >= 11 is 0. The lowest BCUT2D eigenvalue weighted by Gasteiger charge is -2.54. The van der Waals surface area contributed by atoms with E-state index in [1.807, 2.05) is 12.4 Å². The van der Waals surface area contributed by atoms with Crippen molar-refractivity contribution in [3.05, 3.63) is 65.5 Å². The van der Waals surface area contributed by atoms with Crippen LogP contribution in [-0.4, -0.2) is 44.6 Å². The SMILES string of the molecule is CC1(C)NC(=O)N([C@@H]2CCC3=CC4=CC[C@]5(C)[C@@H](c6ccc7ccncc7c6)CC[C@H]5C45CC[C@]3(C2)O5)C1=O. The second kappa shape index (κ2) is 7.60. The van der Waals surface area contributed by atoms with Gasteiger partial charge >= 0.3 is 6.03 Å². The van der Waals surface area contributed by atoms with E-state index >= 15 is 0 Å². The monoisotopic (exact) mass is 523 g/mol. The maximum atomic E-state index is 13.1. The van der Waals surface area contributed by atoms with Crippen molar-refractivity contribution in [1.29, 1.82) is 0 Å². The minimum Gasteiger partial charge on any atom is -0.359 e. The number of amides is 3. The van der Waals surface area contributed by atoms with Crippen LogP contribution in [0, 0.1) is 11.3 Å². The van der Waals surface area contributed by atoms with Crippen LogP contribution in [0.1, 0.15) is 83.6 Å². The number of allylic oxidation sites excluding steroid dienone is 1. The van der Waals surface area contributed by atoms with Crippen molar-refractivity contribution in [1.82, 2.24) is 15.2 Å². The molecule has 2 saturated heterocycles. The summed E-state index contributed by atoms with van der Waals surface area (Å²) in [4.78, 5) is 31.9. The standard InChI is InChI=1S/C33H37N3O3/c1-30(2)28(37)36(29(38)35-30)25-7-6-23-17-24-10-12-31(3)26(21-5-4-20-11-15-34-19-22(20)16-21)8-9-27(31)33(24)14-13-32(23,18-25)39-33/h4-5,10-11,15-17,19,25-27H,6-9,12-14,18H2,1-3H3,(H,35,38)/t25-,26-,27-,31-,32-,33?/m1/s1. The molecule has 6 nitrogen and oxygen atoms in total. The van der Waals surface area contributed by atoms with Crippen molar-refractivity contribution in [3.8, 4) is 0 Å². The number of nitrogens with zero attached hydrogens (tertiary/aromatic N) is 2. The topological polar surface area (TPSA) is 71.5 Å². The zero-order valence-corrected chi connectivity index (χ0v) is 23.1. The zero-order valence-electron chi connectivity index (χ0n) is 23.1. The van der Waals surface area contributed by atoms with Crippen molar-refractivity contribution >= 4 is 22.7 Å². The first-order valence-electron chi connectivity index (χ1n) is 14.8. The molecule has 6 heteroatoms. The van der Waals surface area contributed by atoms with Crippen LogP contribution in [0.4, 0.5) is 4.79 Å². The summed E-state index contributed by atoms with van der Waals surface area (Å²) < 4.78 is 7.41. The molecule has 2 aromatic rings. The Morgan fingerprint density at radius 2 is 1.92 bits per heavy atom. The van der Waals surface area contributed by atoms with E-state index < -0.39 is 5.54 Å². The largest absolute Gasteiger partial charge is 0.359 e. The normalized spacial score (nSPS) is 40.1. The third kappa shape index (κ3) is 3.04. The van der Waals surface area contributed by atoms with E-state index in [0.717, 1.165) is 38.5 Å². The Bertz CT molecular complexity index is 1510. The second-order valence-electron chi connectivity index (χ2n) is 13.8. The molecule has 1 unspecified atom stereocenters. The van der Waals surface area contributed by atoms with E-state index in [-0.39, 0.29) is 34.6 Å². The van der Waals surface area contributed by atoms with Crippen LogP contribution in [0.3, 0.4) is 0 Å². The van der Waals surface area contributed by atoms with Gasteiger partial charge in [-0.3, -0.25) is 14.7 Å². The molecule has 6 atom stereocenters. The van der Waals surface area contributed by atoms with Crippen molar-refractivity contribution in [3.63, 3.8) is 0 Å². The third-order valence-electron chi connectivity index (χ3n) is 11.5. The first-order chi connectivity index (χ1) is 18.7. The lowest BCUT2D eigenvalue weighted by molar-refractivity contribution is -0.145. The van der Waals surface area contributed by atoms with Gasteiger partial charge in [0.05, 0.1) is 11.2 Å². The van der Waals surface area contributed by atoms with Crippen molar-refractivity contribution in [2.24, 2.45) is 11.3 Å². The number of pyridine rings is 1. The highest BCUT2D eigenvalue weighted by Crippen LogP contribution is 2.69. The number of hydrogen-bond acceptors (Lipinski definition) is 4. The number of imide groups is 1. The molecule has 3 amide bonds. The summed E-state index contributed by atoms with van der Waals surface area (Å²) in [5.41, 5.74) is 2.86. The first kappa shape index (κ1) is 23.9. The molecule has 6 aliphatic rings. The molecule has 1 aromatic carbocycles. The van der Waals surface area contributed by atoms with Gasteiger partial charge in [0.15, 0.2) is 0 Å². The lowest BCUT2D eigenvalue weighted by atomic mass is 9.58. The highest BCUT2D eigenvalue weighted by molar-refractivity contribution is 6.06. The van der Waals surface area contributed by atoms with E-state index in [2.05, 4.69) is 53.6 Å². The molecule has 3 aliphatic carbocycles. The number of fused-ring (bicyclic) bond motifs is 2. The summed E-state index contributed by atoms with van der Waals surface area (Å²) in [6.07, 6.45) is 16.6. The van der Waals surface area contributed by atoms with E-state index in [0.29, 0.717) is 18.3 Å². The van der Waals surface area contributed by atoms with E-state index in [4.69, 9.17) is 4.74 Å². The fraction of sp³-hybridized carbons (Fsp3) is 0.545. The minimum absolute atomic E-state index is 0.111. The Balaban J connectivity index is 1.13. The number of carbonyl (C=O) groups excluding carboxylic acids is 2. The highest BCUT2D eigenvalue weighted by atomic mass is 16.5. The maximum Gasteiger partial charge on any atom is 0.325 e. The Morgan fingerprint density at radius 1 is 1.05 bits per heavy atom. The number of nitrogens with one attached hydrogen (secondary N) is 1. The predicted molar refractivity (Wildman–Crippen MR) is 149 cm³/mol. The van der Waals surface area contributed by atoms with Gasteiger partial charge in [-0.2, -0.15) is 0 Å². The molecule has 1 N–H and O–H groups in total. The number of rotatable bonds is 2. The van der Waals surface area contributed by atoms with Crippen LogP contribution in [-0.2, 0) is 9.53 Å². The number of ether oxygens (including phenoxy) is 1. The van der Waals surface area contributed by atoms with Gasteiger partial charge in [0, 0.05) is 30.2 Å². The van der Waals surface area contributed by atoms with Gasteiger partial charge < -0.3 is 10.1 Å². The zero-order chi connectivity index (χ0) is 26.8. The van der Waals surface area contributed by atoms with Gasteiger partial charge in [-0.05, 0) is 110 Å². The summed E-state index contributed by atoms with van der Waals surface area (Å²) in [6.45, 7) is 6.09. The molecule has 3 aliphatic heterocycles. The predicted octanol–water partition coefficient (Wildman–Crippen LogP) is 6.18. The fourth-order valence-electron chi connectivity index (χ4n) is 9.58. The van der Waals surface area contributed by atoms with Crippen LogP contribution in [0.25, 0.3) is 10.8 Å². The average Bonchev–Trinajstić information content (AvgIpc) is 3.49. The number of aromatic nitrogens is 1. The Kier molecular flexibility index (Phi) is 4.65. The van der Waals surface area contributed by atoms with Crippen LogP contribution in [0.2, 0.25) is 0 Å². The van der Waals surface area contributed by atoms with Crippen molar-refractivity contribution in [2.45, 2.75) is 101 Å². The number of hydrogen-bond donors (Lipinski definition) is 1. The molecule has 4 heterocycles. The quantitative estimate of drug-likeness (QED) is 0.478. The molecule has 2 bridgehead atoms. The fourth-order valence-corrected chi connectivity index (χ4v) is 9.58. The Hall–Kier alpha value is -2.99. The van der Waals surface area contributed by atoms with Gasteiger partial charge in [-0.15, -0.1) is 0 Å². The number of benzene rings is 1. The maximum absolute atomic E-state index is 13.1. The van der Waals surface area contributed by atoms with Crippen LogP contribution >= 0.6 is 0 Å². The molecule has 8 rings (SSSR count). The van der Waals surface area contributed by atoms with Crippen molar-refractivity contribution < 1.29 is 14.3 Å². The number of urea groups is 1. The second-order valence-corrected chi connectivity index (χ2v) is 13.8. The molecule has 2 spiro atoms. The smallest absolute Gasteiger partial charge is 0.325 e. The van der Waals surface area contributed by atoms with Crippen molar-refractivity contribution in [2.75, 3.05) is 0 Å². The minimum atomic E-state index is -0.839. The average molecular weight is 524 g/mol. The van der Waals surface area contributed by atoms with Crippen LogP contribution in [0.5, 0.6) is 0 Å². The van der Waals surface area contributed by atoms with Crippen LogP contribution < -0.4 is 5.32 Å². The lowest BCUT2D eigenvalue weighted by Crippen LogP contribution is -2.56. The van der Waals surface area contributed by atoms with E-state index in [1.165, 1.54) is 38.8 Å². The highest BCUT2D eigenvalue weighted by Gasteiger charge is 2.67. The van der Waals surface area contributed by atoms with Gasteiger partial charge in [0.1, 0.15) is 5.54 Å².